The number of aromatic nitrogens is 2. The van der Waals surface area contributed by atoms with Crippen molar-refractivity contribution in [2.24, 2.45) is 4.99 Å². The first-order chi connectivity index (χ1) is 11.3. The van der Waals surface area contributed by atoms with Crippen LogP contribution in [0.4, 0.5) is 11.4 Å². The summed E-state index contributed by atoms with van der Waals surface area (Å²) in [6.45, 7) is 3.91. The van der Waals surface area contributed by atoms with Crippen LogP contribution in [0.1, 0.15) is 31.9 Å². The van der Waals surface area contributed by atoms with Gasteiger partial charge in [-0.25, -0.2) is 0 Å². The zero-order valence-corrected chi connectivity index (χ0v) is 15.1. The molecule has 7 heteroatoms. The van der Waals surface area contributed by atoms with E-state index >= 15 is 0 Å². The summed E-state index contributed by atoms with van der Waals surface area (Å²) in [5.41, 5.74) is 1.33. The highest BCUT2D eigenvalue weighted by molar-refractivity contribution is 7.71. The molecule has 0 saturated carbocycles. The van der Waals surface area contributed by atoms with Crippen molar-refractivity contribution in [1.82, 2.24) is 9.55 Å². The Kier molecular flexibility index (Phi) is 5.56. The number of rotatable bonds is 5. The summed E-state index contributed by atoms with van der Waals surface area (Å²) in [6, 6.07) is 7.55. The molecule has 128 valence electrons. The maximum Gasteiger partial charge on any atom is 0.264 e. The van der Waals surface area contributed by atoms with Gasteiger partial charge in [-0.1, -0.05) is 13.0 Å². The lowest BCUT2D eigenvalue weighted by molar-refractivity contribution is 0.371. The SMILES string of the molecule is CCC(C)n1c(O)c(C=Nc2cccc(N(C)C)c2)c(=O)[nH]c1=S. The minimum Gasteiger partial charge on any atom is -0.494 e. The van der Waals surface area contributed by atoms with Crippen molar-refractivity contribution in [2.45, 2.75) is 26.3 Å². The number of hydrogen-bond donors (Lipinski definition) is 2. The standard InChI is InChI=1S/C17H22N4O2S/c1-5-11(2)21-16(23)14(15(22)19-17(21)24)10-18-12-7-6-8-13(9-12)20(3)4/h6-11,23H,5H2,1-4H3,(H,19,22,24). The summed E-state index contributed by atoms with van der Waals surface area (Å²) in [5, 5.41) is 10.4. The Hall–Kier alpha value is -2.41. The second-order valence-corrected chi connectivity index (χ2v) is 6.18. The summed E-state index contributed by atoms with van der Waals surface area (Å²) in [5.74, 6) is -0.161. The van der Waals surface area contributed by atoms with E-state index in [9.17, 15) is 9.90 Å². The van der Waals surface area contributed by atoms with Gasteiger partial charge < -0.3 is 10.0 Å². The van der Waals surface area contributed by atoms with Crippen molar-refractivity contribution in [3.63, 3.8) is 0 Å². The third-order valence-corrected chi connectivity index (χ3v) is 4.17. The quantitative estimate of drug-likeness (QED) is 0.643. The molecule has 1 unspecified atom stereocenters. The van der Waals surface area contributed by atoms with Crippen LogP contribution in [0.2, 0.25) is 0 Å². The average molecular weight is 346 g/mol. The fraction of sp³-hybridized carbons (Fsp3) is 0.353. The molecule has 1 aromatic carbocycles. The maximum absolute atomic E-state index is 12.1. The Morgan fingerprint density at radius 3 is 2.79 bits per heavy atom. The highest BCUT2D eigenvalue weighted by Gasteiger charge is 2.14. The zero-order chi connectivity index (χ0) is 17.9. The Morgan fingerprint density at radius 2 is 2.17 bits per heavy atom. The predicted octanol–water partition coefficient (Wildman–Crippen LogP) is 3.40. The lowest BCUT2D eigenvalue weighted by Gasteiger charge is -2.16. The minimum atomic E-state index is -0.454. The summed E-state index contributed by atoms with van der Waals surface area (Å²) < 4.78 is 1.74. The summed E-state index contributed by atoms with van der Waals surface area (Å²) in [4.78, 5) is 21.0. The molecular formula is C17H22N4O2S. The number of nitrogens with zero attached hydrogens (tertiary/aromatic N) is 3. The first-order valence-corrected chi connectivity index (χ1v) is 8.15. The fourth-order valence-corrected chi connectivity index (χ4v) is 2.61. The van der Waals surface area contributed by atoms with Crippen LogP contribution in [0.25, 0.3) is 0 Å². The number of aliphatic imine (C=N–C) groups is 1. The molecule has 0 spiro atoms. The van der Waals surface area contributed by atoms with Crippen LogP contribution in [-0.2, 0) is 0 Å². The van der Waals surface area contributed by atoms with E-state index in [1.165, 1.54) is 10.8 Å². The van der Waals surface area contributed by atoms with Crippen LogP contribution < -0.4 is 10.5 Å². The van der Waals surface area contributed by atoms with Crippen LogP contribution in [-0.4, -0.2) is 35.0 Å². The monoisotopic (exact) mass is 346 g/mol. The average Bonchev–Trinajstić information content (AvgIpc) is 2.54. The molecule has 0 aliphatic carbocycles. The number of nitrogens with one attached hydrogen (secondary N) is 1. The molecule has 0 amide bonds. The molecule has 0 aliphatic rings. The van der Waals surface area contributed by atoms with Gasteiger partial charge in [0.25, 0.3) is 5.56 Å². The van der Waals surface area contributed by atoms with E-state index in [2.05, 4.69) is 9.98 Å². The van der Waals surface area contributed by atoms with Crippen LogP contribution in [0.15, 0.2) is 34.1 Å². The molecule has 0 fully saturated rings. The summed E-state index contributed by atoms with van der Waals surface area (Å²) in [7, 11) is 3.88. The summed E-state index contributed by atoms with van der Waals surface area (Å²) >= 11 is 5.15. The topological polar surface area (TPSA) is 73.6 Å². The number of H-pyrrole nitrogens is 1. The Labute approximate surface area is 146 Å². The van der Waals surface area contributed by atoms with Crippen LogP contribution in [0, 0.1) is 4.77 Å². The van der Waals surface area contributed by atoms with E-state index in [0.29, 0.717) is 5.69 Å². The number of anilines is 1. The van der Waals surface area contributed by atoms with E-state index in [1.54, 1.807) is 0 Å². The maximum atomic E-state index is 12.1. The van der Waals surface area contributed by atoms with Gasteiger partial charge in [-0.15, -0.1) is 0 Å². The van der Waals surface area contributed by atoms with Crippen molar-refractivity contribution in [3.8, 4) is 5.88 Å². The van der Waals surface area contributed by atoms with Gasteiger partial charge in [0, 0.05) is 32.0 Å². The third kappa shape index (κ3) is 3.73. The molecule has 6 nitrogen and oxygen atoms in total. The molecule has 1 heterocycles. The Morgan fingerprint density at radius 1 is 1.46 bits per heavy atom. The normalized spacial score (nSPS) is 12.5. The molecule has 0 aliphatic heterocycles. The summed E-state index contributed by atoms with van der Waals surface area (Å²) in [6.07, 6.45) is 2.14. The molecule has 2 aromatic rings. The number of hydrogen-bond acceptors (Lipinski definition) is 5. The third-order valence-electron chi connectivity index (χ3n) is 3.87. The second kappa shape index (κ2) is 7.44. The first kappa shape index (κ1) is 17.9. The molecule has 0 radical (unpaired) electrons. The van der Waals surface area contributed by atoms with Crippen molar-refractivity contribution in [1.29, 1.82) is 0 Å². The lowest BCUT2D eigenvalue weighted by atomic mass is 10.2. The van der Waals surface area contributed by atoms with Crippen LogP contribution >= 0.6 is 12.2 Å². The van der Waals surface area contributed by atoms with Gasteiger partial charge >= 0.3 is 0 Å². The van der Waals surface area contributed by atoms with E-state index in [1.807, 2.05) is 57.1 Å². The second-order valence-electron chi connectivity index (χ2n) is 5.80. The highest BCUT2D eigenvalue weighted by Crippen LogP contribution is 2.22. The van der Waals surface area contributed by atoms with Crippen molar-refractivity contribution < 1.29 is 5.11 Å². The predicted molar refractivity (Wildman–Crippen MR) is 101 cm³/mol. The molecule has 0 saturated heterocycles. The van der Waals surface area contributed by atoms with Crippen molar-refractivity contribution in [2.75, 3.05) is 19.0 Å². The van der Waals surface area contributed by atoms with Gasteiger partial charge in [-0.05, 0) is 43.8 Å². The van der Waals surface area contributed by atoms with Gasteiger partial charge in [0.15, 0.2) is 4.77 Å². The molecule has 1 aromatic heterocycles. The van der Waals surface area contributed by atoms with Crippen LogP contribution in [0.5, 0.6) is 5.88 Å². The fourth-order valence-electron chi connectivity index (χ4n) is 2.25. The zero-order valence-electron chi connectivity index (χ0n) is 14.3. The largest absolute Gasteiger partial charge is 0.494 e. The van der Waals surface area contributed by atoms with E-state index < -0.39 is 5.56 Å². The molecule has 1 atom stereocenters. The number of benzene rings is 1. The smallest absolute Gasteiger partial charge is 0.264 e. The van der Waals surface area contributed by atoms with Crippen LogP contribution in [0.3, 0.4) is 0 Å². The van der Waals surface area contributed by atoms with E-state index in [0.717, 1.165) is 12.1 Å². The van der Waals surface area contributed by atoms with Gasteiger partial charge in [0.2, 0.25) is 5.88 Å². The molecule has 2 N–H and O–H groups in total. The van der Waals surface area contributed by atoms with Crippen molar-refractivity contribution in [3.05, 3.63) is 45.0 Å². The first-order valence-electron chi connectivity index (χ1n) is 7.74. The molecule has 2 rings (SSSR count). The lowest BCUT2D eigenvalue weighted by Crippen LogP contribution is -2.20. The van der Waals surface area contributed by atoms with Gasteiger partial charge in [0.1, 0.15) is 5.56 Å². The minimum absolute atomic E-state index is 0.0291. The Bertz CT molecular complexity index is 868. The van der Waals surface area contributed by atoms with Gasteiger partial charge in [-0.3, -0.25) is 19.3 Å². The van der Waals surface area contributed by atoms with Gasteiger partial charge in [0.05, 0.1) is 5.69 Å². The van der Waals surface area contributed by atoms with E-state index in [4.69, 9.17) is 12.2 Å². The molecular weight excluding hydrogens is 324 g/mol. The highest BCUT2D eigenvalue weighted by atomic mass is 32.1. The van der Waals surface area contributed by atoms with Gasteiger partial charge in [-0.2, -0.15) is 0 Å². The van der Waals surface area contributed by atoms with E-state index in [-0.39, 0.29) is 22.3 Å². The molecule has 24 heavy (non-hydrogen) atoms. The number of aromatic amines is 1. The molecule has 0 bridgehead atoms. The number of aromatic hydroxyl groups is 1. The van der Waals surface area contributed by atoms with Crippen molar-refractivity contribution >= 4 is 29.8 Å². The Balaban J connectivity index is 2.48.